The zero-order valence-electron chi connectivity index (χ0n) is 10.4. The molecule has 20 heavy (non-hydrogen) atoms. The topological polar surface area (TPSA) is 74.5 Å². The molecule has 0 bridgehead atoms. The fourth-order valence-electron chi connectivity index (χ4n) is 1.42. The zero-order chi connectivity index (χ0) is 14.5. The molecule has 0 aliphatic rings. The quantitative estimate of drug-likeness (QED) is 0.785. The SMILES string of the molecule is CCOC(=O)c1nnc(-c2cccc(OC(F)F)c2)o1. The minimum Gasteiger partial charge on any atom is -0.459 e. The van der Waals surface area contributed by atoms with Crippen LogP contribution in [0.1, 0.15) is 17.6 Å². The van der Waals surface area contributed by atoms with E-state index < -0.39 is 12.6 Å². The largest absolute Gasteiger partial charge is 0.459 e. The smallest absolute Gasteiger partial charge is 0.396 e. The first kappa shape index (κ1) is 13.9. The number of aromatic nitrogens is 2. The Morgan fingerprint density at radius 1 is 1.40 bits per heavy atom. The van der Waals surface area contributed by atoms with Crippen LogP contribution >= 0.6 is 0 Å². The van der Waals surface area contributed by atoms with Gasteiger partial charge in [-0.1, -0.05) is 6.07 Å². The number of hydrogen-bond donors (Lipinski definition) is 0. The Hall–Kier alpha value is -2.51. The van der Waals surface area contributed by atoms with Crippen molar-refractivity contribution in [2.75, 3.05) is 6.61 Å². The van der Waals surface area contributed by atoms with Crippen molar-refractivity contribution < 1.29 is 27.5 Å². The maximum Gasteiger partial charge on any atom is 0.396 e. The van der Waals surface area contributed by atoms with Gasteiger partial charge in [-0.3, -0.25) is 0 Å². The molecule has 0 radical (unpaired) electrons. The van der Waals surface area contributed by atoms with Crippen LogP contribution in [0.15, 0.2) is 28.7 Å². The molecule has 1 heterocycles. The van der Waals surface area contributed by atoms with Crippen LogP contribution in [0.3, 0.4) is 0 Å². The van der Waals surface area contributed by atoms with Gasteiger partial charge in [-0.25, -0.2) is 4.79 Å². The van der Waals surface area contributed by atoms with E-state index >= 15 is 0 Å². The lowest BCUT2D eigenvalue weighted by atomic mass is 10.2. The molecule has 0 unspecified atom stereocenters. The van der Waals surface area contributed by atoms with Crippen LogP contribution in [0.4, 0.5) is 8.78 Å². The van der Waals surface area contributed by atoms with Crippen molar-refractivity contribution in [3.05, 3.63) is 30.2 Å². The Labute approximate surface area is 112 Å². The third-order valence-electron chi connectivity index (χ3n) is 2.18. The number of rotatable bonds is 5. The third-order valence-corrected chi connectivity index (χ3v) is 2.18. The first-order valence-corrected chi connectivity index (χ1v) is 5.66. The summed E-state index contributed by atoms with van der Waals surface area (Å²) >= 11 is 0. The Morgan fingerprint density at radius 3 is 2.90 bits per heavy atom. The molecule has 106 valence electrons. The van der Waals surface area contributed by atoms with E-state index in [0.29, 0.717) is 5.56 Å². The second-order valence-electron chi connectivity index (χ2n) is 3.54. The molecule has 0 saturated heterocycles. The van der Waals surface area contributed by atoms with Gasteiger partial charge in [-0.15, -0.1) is 10.2 Å². The van der Waals surface area contributed by atoms with E-state index in [1.54, 1.807) is 13.0 Å². The maximum absolute atomic E-state index is 12.1. The number of hydrogen-bond acceptors (Lipinski definition) is 6. The number of nitrogens with zero attached hydrogens (tertiary/aromatic N) is 2. The van der Waals surface area contributed by atoms with Crippen LogP contribution in [0.25, 0.3) is 11.5 Å². The number of alkyl halides is 2. The Kier molecular flexibility index (Phi) is 4.24. The van der Waals surface area contributed by atoms with E-state index in [1.807, 2.05) is 0 Å². The molecule has 0 saturated carbocycles. The summed E-state index contributed by atoms with van der Waals surface area (Å²) in [6.45, 7) is -1.11. The minimum atomic E-state index is -2.93. The standard InChI is InChI=1S/C12H10F2N2O4/c1-2-18-11(17)10-16-15-9(20-10)7-4-3-5-8(6-7)19-12(13)14/h3-6,12H,2H2,1H3. The number of ether oxygens (including phenoxy) is 2. The second-order valence-corrected chi connectivity index (χ2v) is 3.54. The highest BCUT2D eigenvalue weighted by Crippen LogP contribution is 2.24. The molecule has 0 aliphatic carbocycles. The van der Waals surface area contributed by atoms with Crippen molar-refractivity contribution in [1.29, 1.82) is 0 Å². The van der Waals surface area contributed by atoms with Gasteiger partial charge in [0.15, 0.2) is 0 Å². The van der Waals surface area contributed by atoms with Crippen LogP contribution in [0.5, 0.6) is 5.75 Å². The van der Waals surface area contributed by atoms with Gasteiger partial charge in [-0.05, 0) is 25.1 Å². The van der Waals surface area contributed by atoms with Crippen molar-refractivity contribution >= 4 is 5.97 Å². The first-order chi connectivity index (χ1) is 9.60. The zero-order valence-corrected chi connectivity index (χ0v) is 10.4. The molecule has 0 fully saturated rings. The number of halogens is 2. The van der Waals surface area contributed by atoms with Crippen molar-refractivity contribution in [3.8, 4) is 17.2 Å². The summed E-state index contributed by atoms with van der Waals surface area (Å²) in [6.07, 6.45) is 0. The summed E-state index contributed by atoms with van der Waals surface area (Å²) in [5.41, 5.74) is 0.353. The molecule has 6 nitrogen and oxygen atoms in total. The van der Waals surface area contributed by atoms with Gasteiger partial charge in [-0.2, -0.15) is 8.78 Å². The molecule has 0 aliphatic heterocycles. The number of carbonyl (C=O) groups excluding carboxylic acids is 1. The maximum atomic E-state index is 12.1. The lowest BCUT2D eigenvalue weighted by molar-refractivity contribution is -0.0498. The number of benzene rings is 1. The molecule has 1 aromatic heterocycles. The van der Waals surface area contributed by atoms with Gasteiger partial charge in [0.1, 0.15) is 5.75 Å². The molecule has 2 aromatic rings. The molecule has 0 atom stereocenters. The average Bonchev–Trinajstić information content (AvgIpc) is 2.88. The summed E-state index contributed by atoms with van der Waals surface area (Å²) in [5, 5.41) is 7.17. The molecule has 2 rings (SSSR count). The molecule has 0 amide bonds. The normalized spacial score (nSPS) is 10.6. The van der Waals surface area contributed by atoms with Crippen LogP contribution in [0.2, 0.25) is 0 Å². The molecule has 1 aromatic carbocycles. The summed E-state index contributed by atoms with van der Waals surface area (Å²) in [5.74, 6) is -1.09. The van der Waals surface area contributed by atoms with E-state index in [1.165, 1.54) is 18.2 Å². The van der Waals surface area contributed by atoms with Gasteiger partial charge < -0.3 is 13.9 Å². The molecule has 8 heteroatoms. The van der Waals surface area contributed by atoms with Crippen LogP contribution in [-0.2, 0) is 4.74 Å². The Bertz CT molecular complexity index is 601. The van der Waals surface area contributed by atoms with E-state index in [-0.39, 0.29) is 24.1 Å². The van der Waals surface area contributed by atoms with Gasteiger partial charge in [0, 0.05) is 5.56 Å². The van der Waals surface area contributed by atoms with E-state index in [0.717, 1.165) is 0 Å². The van der Waals surface area contributed by atoms with Gasteiger partial charge in [0.25, 0.3) is 0 Å². The number of esters is 1. The Balaban J connectivity index is 2.21. The van der Waals surface area contributed by atoms with Gasteiger partial charge in [0.05, 0.1) is 6.61 Å². The fourth-order valence-corrected chi connectivity index (χ4v) is 1.42. The highest BCUT2D eigenvalue weighted by Gasteiger charge is 2.17. The Morgan fingerprint density at radius 2 is 2.20 bits per heavy atom. The van der Waals surface area contributed by atoms with Gasteiger partial charge >= 0.3 is 18.5 Å². The van der Waals surface area contributed by atoms with Crippen molar-refractivity contribution in [2.45, 2.75) is 13.5 Å². The van der Waals surface area contributed by atoms with Crippen molar-refractivity contribution in [1.82, 2.24) is 10.2 Å². The fraction of sp³-hybridized carbons (Fsp3) is 0.250. The first-order valence-electron chi connectivity index (χ1n) is 5.66. The minimum absolute atomic E-state index is 0.00719. The molecule has 0 spiro atoms. The van der Waals surface area contributed by atoms with Crippen LogP contribution in [-0.4, -0.2) is 29.4 Å². The highest BCUT2D eigenvalue weighted by atomic mass is 19.3. The van der Waals surface area contributed by atoms with Crippen LogP contribution in [0, 0.1) is 0 Å². The highest BCUT2D eigenvalue weighted by molar-refractivity contribution is 5.84. The number of carbonyl (C=O) groups is 1. The molecule has 0 N–H and O–H groups in total. The summed E-state index contributed by atoms with van der Waals surface area (Å²) in [7, 11) is 0. The second kappa shape index (κ2) is 6.09. The van der Waals surface area contributed by atoms with E-state index in [4.69, 9.17) is 9.15 Å². The van der Waals surface area contributed by atoms with E-state index in [2.05, 4.69) is 14.9 Å². The predicted octanol–water partition coefficient (Wildman–Crippen LogP) is 2.51. The van der Waals surface area contributed by atoms with E-state index in [9.17, 15) is 13.6 Å². The lowest BCUT2D eigenvalue weighted by Gasteiger charge is -2.04. The lowest BCUT2D eigenvalue weighted by Crippen LogP contribution is -2.04. The molecular formula is C12H10F2N2O4. The summed E-state index contributed by atoms with van der Waals surface area (Å²) in [4.78, 5) is 11.4. The monoisotopic (exact) mass is 284 g/mol. The van der Waals surface area contributed by atoms with Crippen LogP contribution < -0.4 is 4.74 Å². The van der Waals surface area contributed by atoms with Gasteiger partial charge in [0.2, 0.25) is 5.89 Å². The summed E-state index contributed by atoms with van der Waals surface area (Å²) in [6, 6.07) is 5.70. The predicted molar refractivity (Wildman–Crippen MR) is 62.3 cm³/mol. The summed E-state index contributed by atoms with van der Waals surface area (Å²) < 4.78 is 38.3. The van der Waals surface area contributed by atoms with Crippen molar-refractivity contribution in [2.24, 2.45) is 0 Å². The van der Waals surface area contributed by atoms with Crippen molar-refractivity contribution in [3.63, 3.8) is 0 Å². The molecular weight excluding hydrogens is 274 g/mol. The third kappa shape index (κ3) is 3.28. The average molecular weight is 284 g/mol.